The third kappa shape index (κ3) is 6.76. The van der Waals surface area contributed by atoms with Gasteiger partial charge in [-0.1, -0.05) is 24.3 Å². The predicted octanol–water partition coefficient (Wildman–Crippen LogP) is 3.36. The van der Waals surface area contributed by atoms with Crippen LogP contribution in [-0.2, 0) is 13.1 Å². The van der Waals surface area contributed by atoms with Gasteiger partial charge in [-0.15, -0.1) is 0 Å². The molecule has 0 spiro atoms. The van der Waals surface area contributed by atoms with Gasteiger partial charge in [0.1, 0.15) is 5.75 Å². The van der Waals surface area contributed by atoms with Crippen molar-refractivity contribution in [3.8, 4) is 5.75 Å². The molecule has 4 N–H and O–H groups in total. The molecule has 0 bridgehead atoms. The summed E-state index contributed by atoms with van der Waals surface area (Å²) >= 11 is 0. The van der Waals surface area contributed by atoms with E-state index in [1.54, 1.807) is 0 Å². The molecule has 0 aromatic heterocycles. The lowest BCUT2D eigenvalue weighted by Gasteiger charge is -2.30. The molecule has 0 saturated carbocycles. The van der Waals surface area contributed by atoms with Crippen molar-refractivity contribution in [3.63, 3.8) is 0 Å². The van der Waals surface area contributed by atoms with Gasteiger partial charge in [0.15, 0.2) is 5.96 Å². The minimum atomic E-state index is -0.150. The summed E-state index contributed by atoms with van der Waals surface area (Å²) in [6.45, 7) is 7.27. The molecule has 0 atom stereocenters. The fraction of sp³-hybridized carbons (Fsp3) is 0.435. The number of nitrogens with one attached hydrogen (secondary N) is 1. The molecule has 2 aromatic rings. The van der Waals surface area contributed by atoms with Gasteiger partial charge in [-0.3, -0.25) is 4.90 Å². The fourth-order valence-electron chi connectivity index (χ4n) is 3.43. The molecule has 0 radical (unpaired) electrons. The number of likely N-dealkylation sites (tertiary alicyclic amines) is 1. The first-order valence-corrected chi connectivity index (χ1v) is 10.3. The number of nitrogens with zero attached hydrogens (tertiary/aromatic N) is 2. The average molecular weight is 397 g/mol. The monoisotopic (exact) mass is 396 g/mol. The molecule has 1 aliphatic rings. The molecule has 0 amide bonds. The SMILES string of the molecule is CC(C)Oc1ccc(NC(N)=NCc2ccccc2CN2CCC(O)CC2)cc1. The van der Waals surface area contributed by atoms with Crippen molar-refractivity contribution in [3.05, 3.63) is 59.7 Å². The van der Waals surface area contributed by atoms with Crippen LogP contribution in [-0.4, -0.2) is 41.3 Å². The van der Waals surface area contributed by atoms with Crippen LogP contribution < -0.4 is 15.8 Å². The number of piperidine rings is 1. The van der Waals surface area contributed by atoms with E-state index in [4.69, 9.17) is 10.5 Å². The van der Waals surface area contributed by atoms with Gasteiger partial charge in [-0.05, 0) is 62.1 Å². The predicted molar refractivity (Wildman–Crippen MR) is 118 cm³/mol. The second-order valence-electron chi connectivity index (χ2n) is 7.79. The van der Waals surface area contributed by atoms with Crippen LogP contribution in [0.3, 0.4) is 0 Å². The first-order valence-electron chi connectivity index (χ1n) is 10.3. The summed E-state index contributed by atoms with van der Waals surface area (Å²) in [7, 11) is 0. The van der Waals surface area contributed by atoms with E-state index in [1.807, 2.05) is 44.2 Å². The van der Waals surface area contributed by atoms with Gasteiger partial charge in [-0.2, -0.15) is 0 Å². The molecule has 6 nitrogen and oxygen atoms in total. The molecule has 1 aliphatic heterocycles. The number of aliphatic imine (C=N–C) groups is 1. The summed E-state index contributed by atoms with van der Waals surface area (Å²) < 4.78 is 5.65. The molecule has 29 heavy (non-hydrogen) atoms. The molecule has 0 unspecified atom stereocenters. The van der Waals surface area contributed by atoms with E-state index >= 15 is 0 Å². The van der Waals surface area contributed by atoms with E-state index in [1.165, 1.54) is 11.1 Å². The lowest BCUT2D eigenvalue weighted by molar-refractivity contribution is 0.0791. The Bertz CT molecular complexity index is 797. The number of ether oxygens (including phenoxy) is 1. The molecule has 3 rings (SSSR count). The number of aliphatic hydroxyl groups excluding tert-OH is 1. The van der Waals surface area contributed by atoms with E-state index in [0.29, 0.717) is 12.5 Å². The number of rotatable bonds is 7. The van der Waals surface area contributed by atoms with E-state index < -0.39 is 0 Å². The Morgan fingerprint density at radius 2 is 1.79 bits per heavy atom. The Morgan fingerprint density at radius 3 is 2.45 bits per heavy atom. The number of benzene rings is 2. The molecule has 6 heteroatoms. The van der Waals surface area contributed by atoms with E-state index in [9.17, 15) is 5.11 Å². The second-order valence-corrected chi connectivity index (χ2v) is 7.79. The van der Waals surface area contributed by atoms with Gasteiger partial charge < -0.3 is 20.9 Å². The van der Waals surface area contributed by atoms with Crippen molar-refractivity contribution in [2.45, 2.75) is 52.0 Å². The van der Waals surface area contributed by atoms with Gasteiger partial charge in [0.2, 0.25) is 0 Å². The van der Waals surface area contributed by atoms with Crippen molar-refractivity contribution in [2.24, 2.45) is 10.7 Å². The summed E-state index contributed by atoms with van der Waals surface area (Å²) in [6, 6.07) is 16.0. The topological polar surface area (TPSA) is 83.1 Å². The lowest BCUT2D eigenvalue weighted by Crippen LogP contribution is -2.35. The van der Waals surface area contributed by atoms with E-state index in [0.717, 1.165) is 43.9 Å². The van der Waals surface area contributed by atoms with Gasteiger partial charge in [-0.25, -0.2) is 4.99 Å². The quantitative estimate of drug-likeness (QED) is 0.494. The Morgan fingerprint density at radius 1 is 1.14 bits per heavy atom. The van der Waals surface area contributed by atoms with Crippen molar-refractivity contribution >= 4 is 11.6 Å². The van der Waals surface area contributed by atoms with Crippen LogP contribution in [0.1, 0.15) is 37.8 Å². The Labute approximate surface area is 173 Å². The first-order chi connectivity index (χ1) is 14.0. The highest BCUT2D eigenvalue weighted by Gasteiger charge is 2.17. The third-order valence-corrected chi connectivity index (χ3v) is 4.99. The first kappa shape index (κ1) is 21.1. The molecule has 2 aromatic carbocycles. The van der Waals surface area contributed by atoms with Crippen LogP contribution in [0.5, 0.6) is 5.75 Å². The van der Waals surface area contributed by atoms with Gasteiger partial charge in [0.05, 0.1) is 18.8 Å². The lowest BCUT2D eigenvalue weighted by atomic mass is 10.0. The minimum Gasteiger partial charge on any atom is -0.491 e. The summed E-state index contributed by atoms with van der Waals surface area (Å²) in [5.74, 6) is 1.22. The largest absolute Gasteiger partial charge is 0.491 e. The van der Waals surface area contributed by atoms with Gasteiger partial charge in [0.25, 0.3) is 0 Å². The highest BCUT2D eigenvalue weighted by Crippen LogP contribution is 2.18. The summed E-state index contributed by atoms with van der Waals surface area (Å²) in [5.41, 5.74) is 9.40. The molecule has 0 aliphatic carbocycles. The zero-order valence-electron chi connectivity index (χ0n) is 17.3. The molecule has 156 valence electrons. The summed E-state index contributed by atoms with van der Waals surface area (Å²) in [4.78, 5) is 6.91. The maximum absolute atomic E-state index is 9.70. The van der Waals surface area contributed by atoms with Crippen molar-refractivity contribution in [1.82, 2.24) is 4.90 Å². The van der Waals surface area contributed by atoms with Crippen molar-refractivity contribution in [2.75, 3.05) is 18.4 Å². The highest BCUT2D eigenvalue weighted by molar-refractivity contribution is 5.92. The number of aliphatic hydroxyl groups is 1. The maximum Gasteiger partial charge on any atom is 0.193 e. The number of anilines is 1. The van der Waals surface area contributed by atoms with Crippen LogP contribution in [0.25, 0.3) is 0 Å². The number of guanidine groups is 1. The zero-order chi connectivity index (χ0) is 20.6. The number of hydrogen-bond acceptors (Lipinski definition) is 4. The third-order valence-electron chi connectivity index (χ3n) is 4.99. The molecule has 1 heterocycles. The van der Waals surface area contributed by atoms with Crippen LogP contribution in [0.15, 0.2) is 53.5 Å². The maximum atomic E-state index is 9.70. The molecule has 1 fully saturated rings. The fourth-order valence-corrected chi connectivity index (χ4v) is 3.43. The Balaban J connectivity index is 1.57. The molecule has 1 saturated heterocycles. The Kier molecular flexibility index (Phi) is 7.49. The second kappa shape index (κ2) is 10.3. The van der Waals surface area contributed by atoms with Gasteiger partial charge >= 0.3 is 0 Å². The number of hydrogen-bond donors (Lipinski definition) is 3. The molecular formula is C23H32N4O2. The smallest absolute Gasteiger partial charge is 0.193 e. The van der Waals surface area contributed by atoms with E-state index in [2.05, 4.69) is 33.4 Å². The van der Waals surface area contributed by atoms with Crippen LogP contribution in [0.2, 0.25) is 0 Å². The summed E-state index contributed by atoms with van der Waals surface area (Å²) in [6.07, 6.45) is 1.69. The van der Waals surface area contributed by atoms with Gasteiger partial charge in [0, 0.05) is 25.3 Å². The normalized spacial score (nSPS) is 16.2. The molecular weight excluding hydrogens is 364 g/mol. The average Bonchev–Trinajstić information content (AvgIpc) is 2.70. The van der Waals surface area contributed by atoms with Crippen LogP contribution in [0.4, 0.5) is 5.69 Å². The van der Waals surface area contributed by atoms with Crippen LogP contribution >= 0.6 is 0 Å². The standard InChI is InChI=1S/C23H32N4O2/c1-17(2)29-22-9-7-20(8-10-22)26-23(24)25-15-18-5-3-4-6-19(18)16-27-13-11-21(28)12-14-27/h3-10,17,21,28H,11-16H2,1-2H3,(H3,24,25,26). The van der Waals surface area contributed by atoms with E-state index in [-0.39, 0.29) is 12.2 Å². The van der Waals surface area contributed by atoms with Crippen molar-refractivity contribution in [1.29, 1.82) is 0 Å². The van der Waals surface area contributed by atoms with Crippen molar-refractivity contribution < 1.29 is 9.84 Å². The Hall–Kier alpha value is -2.57. The highest BCUT2D eigenvalue weighted by atomic mass is 16.5. The number of nitrogens with two attached hydrogens (primary N) is 1. The zero-order valence-corrected chi connectivity index (χ0v) is 17.3. The van der Waals surface area contributed by atoms with Crippen LogP contribution in [0, 0.1) is 0 Å². The summed E-state index contributed by atoms with van der Waals surface area (Å²) in [5, 5.41) is 12.8. The minimum absolute atomic E-state index is 0.149.